The number of hydrogen-bond acceptors (Lipinski definition) is 4. The van der Waals surface area contributed by atoms with Crippen LogP contribution in [-0.2, 0) is 11.2 Å². The lowest BCUT2D eigenvalue weighted by Crippen LogP contribution is -2.42. The molecule has 1 aromatic heterocycles. The number of carboxylic acids is 1. The number of carbonyl (C=O) groups excluding carboxylic acids is 1. The fourth-order valence-corrected chi connectivity index (χ4v) is 4.82. The Balaban J connectivity index is 1.29. The van der Waals surface area contributed by atoms with Gasteiger partial charge in [-0.25, -0.2) is 9.48 Å². The monoisotopic (exact) mass is 352 g/mol. The second-order valence-electron chi connectivity index (χ2n) is 7.59. The molecule has 0 spiro atoms. The van der Waals surface area contributed by atoms with Gasteiger partial charge in [0.25, 0.3) is 0 Å². The summed E-state index contributed by atoms with van der Waals surface area (Å²) in [4.78, 5) is 26.0. The summed E-state index contributed by atoms with van der Waals surface area (Å²) in [5.74, 6) is 0.144. The van der Waals surface area contributed by atoms with Crippen LogP contribution in [-0.4, -0.2) is 50.0 Å². The van der Waals surface area contributed by atoms with Crippen LogP contribution in [0.3, 0.4) is 0 Å². The number of nitrogens with zero attached hydrogens (tertiary/aromatic N) is 4. The highest BCUT2D eigenvalue weighted by atomic mass is 16.4. The van der Waals surface area contributed by atoms with Crippen molar-refractivity contribution in [2.24, 2.45) is 11.8 Å². The van der Waals surface area contributed by atoms with E-state index in [0.717, 1.165) is 25.8 Å². The van der Waals surface area contributed by atoms with E-state index in [-0.39, 0.29) is 23.6 Å². The van der Waals surface area contributed by atoms with Crippen LogP contribution in [0.25, 0.3) is 0 Å². The maximum Gasteiger partial charge on any atom is 0.358 e. The fourth-order valence-electron chi connectivity index (χ4n) is 4.82. The van der Waals surface area contributed by atoms with Gasteiger partial charge in [-0.2, -0.15) is 0 Å². The molecule has 134 valence electrons. The molecule has 2 aliphatic carbocycles. The van der Waals surface area contributed by atoms with E-state index in [1.807, 2.05) is 4.90 Å². The van der Waals surface area contributed by atoms with Crippen LogP contribution in [0.2, 0.25) is 0 Å². The minimum atomic E-state index is -1.08. The van der Waals surface area contributed by atoms with Crippen LogP contribution in [0.4, 0.5) is 0 Å². The summed E-state index contributed by atoms with van der Waals surface area (Å²) in [6.07, 6.45) is 4.26. The number of carboxylic acid groups (broad SMARTS) is 1. The van der Waals surface area contributed by atoms with Crippen molar-refractivity contribution < 1.29 is 14.7 Å². The van der Waals surface area contributed by atoms with E-state index < -0.39 is 5.97 Å². The topological polar surface area (TPSA) is 88.3 Å². The Morgan fingerprint density at radius 1 is 1.23 bits per heavy atom. The average Bonchev–Trinajstić information content (AvgIpc) is 3.02. The van der Waals surface area contributed by atoms with Crippen molar-refractivity contribution in [3.05, 3.63) is 47.3 Å². The van der Waals surface area contributed by atoms with Crippen LogP contribution >= 0.6 is 0 Å². The standard InChI is InChI=1S/C19H20N4O3/c24-18(17-14-8-11-4-1-2-6-13(11)16(14)17)22-7-3-5-12(9-22)23-10-15(19(25)26)20-21-23/h1-2,4,6,10,12,14,16-17H,3,5,7-9H2,(H,25,26). The SMILES string of the molecule is O=C(O)c1cn(C2CCCN(C(=O)C3C4Cc5ccccc5C43)C2)nn1. The molecule has 3 aliphatic rings. The summed E-state index contributed by atoms with van der Waals surface area (Å²) in [7, 11) is 0. The first-order valence-corrected chi connectivity index (χ1v) is 9.15. The molecule has 2 aromatic rings. The van der Waals surface area contributed by atoms with Gasteiger partial charge in [0.1, 0.15) is 0 Å². The Bertz CT molecular complexity index is 892. The molecule has 0 bridgehead atoms. The van der Waals surface area contributed by atoms with E-state index >= 15 is 0 Å². The van der Waals surface area contributed by atoms with E-state index in [9.17, 15) is 9.59 Å². The molecule has 7 nitrogen and oxygen atoms in total. The molecule has 1 N–H and O–H groups in total. The number of piperidine rings is 1. The molecule has 1 saturated heterocycles. The Kier molecular flexibility index (Phi) is 3.38. The van der Waals surface area contributed by atoms with E-state index in [4.69, 9.17) is 5.11 Å². The van der Waals surface area contributed by atoms with E-state index in [2.05, 4.69) is 34.6 Å². The van der Waals surface area contributed by atoms with Crippen LogP contribution in [0, 0.1) is 11.8 Å². The van der Waals surface area contributed by atoms with E-state index in [1.54, 1.807) is 4.68 Å². The van der Waals surface area contributed by atoms with Gasteiger partial charge in [0, 0.05) is 19.0 Å². The highest BCUT2D eigenvalue weighted by Crippen LogP contribution is 2.62. The smallest absolute Gasteiger partial charge is 0.358 e. The predicted octanol–water partition coefficient (Wildman–Crippen LogP) is 1.73. The summed E-state index contributed by atoms with van der Waals surface area (Å²) in [5, 5.41) is 16.6. The lowest BCUT2D eigenvalue weighted by atomic mass is 10.00. The molecule has 1 aromatic carbocycles. The minimum absolute atomic E-state index is 0.000762. The van der Waals surface area contributed by atoms with Crippen molar-refractivity contribution in [1.29, 1.82) is 0 Å². The van der Waals surface area contributed by atoms with Crippen molar-refractivity contribution in [2.75, 3.05) is 13.1 Å². The third-order valence-electron chi connectivity index (χ3n) is 6.14. The van der Waals surface area contributed by atoms with Gasteiger partial charge >= 0.3 is 5.97 Å². The number of aromatic nitrogens is 3. The molecule has 1 amide bonds. The van der Waals surface area contributed by atoms with E-state index in [1.165, 1.54) is 17.3 Å². The second kappa shape index (κ2) is 5.65. The molecule has 2 fully saturated rings. The zero-order valence-corrected chi connectivity index (χ0v) is 14.3. The largest absolute Gasteiger partial charge is 0.476 e. The number of likely N-dealkylation sites (tertiary alicyclic amines) is 1. The molecule has 0 radical (unpaired) electrons. The van der Waals surface area contributed by atoms with Gasteiger partial charge in [-0.3, -0.25) is 4.79 Å². The molecule has 2 heterocycles. The van der Waals surface area contributed by atoms with Crippen molar-refractivity contribution in [2.45, 2.75) is 31.2 Å². The maximum absolute atomic E-state index is 13.1. The van der Waals surface area contributed by atoms with Crippen LogP contribution in [0.1, 0.15) is 46.4 Å². The summed E-state index contributed by atoms with van der Waals surface area (Å²) < 4.78 is 1.60. The number of benzene rings is 1. The van der Waals surface area contributed by atoms with Crippen molar-refractivity contribution in [1.82, 2.24) is 19.9 Å². The first-order chi connectivity index (χ1) is 12.6. The fraction of sp³-hybridized carbons (Fsp3) is 0.474. The Morgan fingerprint density at radius 2 is 2.08 bits per heavy atom. The maximum atomic E-state index is 13.1. The van der Waals surface area contributed by atoms with E-state index in [0.29, 0.717) is 18.4 Å². The highest BCUT2D eigenvalue weighted by Gasteiger charge is 2.60. The summed E-state index contributed by atoms with van der Waals surface area (Å²) in [6, 6.07) is 8.46. The third kappa shape index (κ3) is 2.34. The van der Waals surface area contributed by atoms with Crippen LogP contribution in [0.5, 0.6) is 0 Å². The molecule has 1 saturated carbocycles. The zero-order chi connectivity index (χ0) is 17.8. The Hall–Kier alpha value is -2.70. The third-order valence-corrected chi connectivity index (χ3v) is 6.14. The van der Waals surface area contributed by atoms with Gasteiger partial charge in [-0.05, 0) is 42.2 Å². The lowest BCUT2D eigenvalue weighted by Gasteiger charge is -2.33. The van der Waals surface area contributed by atoms with Gasteiger partial charge in [0.2, 0.25) is 5.91 Å². The Morgan fingerprint density at radius 3 is 2.88 bits per heavy atom. The summed E-state index contributed by atoms with van der Waals surface area (Å²) in [5.41, 5.74) is 2.69. The molecule has 1 aliphatic heterocycles. The average molecular weight is 352 g/mol. The first-order valence-electron chi connectivity index (χ1n) is 9.15. The van der Waals surface area contributed by atoms with Crippen LogP contribution < -0.4 is 0 Å². The Labute approximate surface area is 150 Å². The van der Waals surface area contributed by atoms with Gasteiger partial charge < -0.3 is 10.0 Å². The molecular formula is C19H20N4O3. The van der Waals surface area contributed by atoms with Gasteiger partial charge in [0.15, 0.2) is 5.69 Å². The highest BCUT2D eigenvalue weighted by molar-refractivity contribution is 5.85. The number of fused-ring (bicyclic) bond motifs is 3. The van der Waals surface area contributed by atoms with Gasteiger partial charge in [-0.15, -0.1) is 5.10 Å². The number of aromatic carboxylic acids is 1. The van der Waals surface area contributed by atoms with Crippen LogP contribution in [0.15, 0.2) is 30.5 Å². The molecular weight excluding hydrogens is 332 g/mol. The second-order valence-corrected chi connectivity index (χ2v) is 7.59. The van der Waals surface area contributed by atoms with Gasteiger partial charge in [0.05, 0.1) is 12.2 Å². The molecule has 26 heavy (non-hydrogen) atoms. The van der Waals surface area contributed by atoms with Crippen molar-refractivity contribution in [3.63, 3.8) is 0 Å². The number of amides is 1. The lowest BCUT2D eigenvalue weighted by molar-refractivity contribution is -0.134. The minimum Gasteiger partial charge on any atom is -0.476 e. The number of carbonyl (C=O) groups is 2. The quantitative estimate of drug-likeness (QED) is 0.909. The summed E-state index contributed by atoms with van der Waals surface area (Å²) in [6.45, 7) is 1.35. The summed E-state index contributed by atoms with van der Waals surface area (Å²) >= 11 is 0. The predicted molar refractivity (Wildman–Crippen MR) is 91.7 cm³/mol. The normalized spacial score (nSPS) is 29.2. The number of hydrogen-bond donors (Lipinski definition) is 1. The van der Waals surface area contributed by atoms with Gasteiger partial charge in [-0.1, -0.05) is 29.5 Å². The van der Waals surface area contributed by atoms with Crippen molar-refractivity contribution in [3.8, 4) is 0 Å². The molecule has 4 unspecified atom stereocenters. The first kappa shape index (κ1) is 15.5. The molecule has 4 atom stereocenters. The zero-order valence-electron chi connectivity index (χ0n) is 14.3. The molecule has 5 rings (SSSR count). The number of rotatable bonds is 3. The molecule has 7 heteroatoms. The van der Waals surface area contributed by atoms with Crippen molar-refractivity contribution >= 4 is 11.9 Å².